The minimum atomic E-state index is 0.481. The summed E-state index contributed by atoms with van der Waals surface area (Å²) in [5, 5.41) is 3.34. The molecule has 0 saturated carbocycles. The number of nitrogens with one attached hydrogen (secondary N) is 2. The van der Waals surface area contributed by atoms with Gasteiger partial charge in [-0.05, 0) is 19.1 Å². The van der Waals surface area contributed by atoms with Crippen molar-refractivity contribution in [1.29, 1.82) is 0 Å². The van der Waals surface area contributed by atoms with E-state index in [4.69, 9.17) is 5.73 Å². The van der Waals surface area contributed by atoms with Crippen molar-refractivity contribution in [2.75, 3.05) is 12.3 Å². The first kappa shape index (κ1) is 8.10. The van der Waals surface area contributed by atoms with Gasteiger partial charge in [0, 0.05) is 5.69 Å². The summed E-state index contributed by atoms with van der Waals surface area (Å²) < 4.78 is 0. The van der Waals surface area contributed by atoms with E-state index in [-0.39, 0.29) is 0 Å². The molecule has 1 aliphatic rings. The zero-order valence-corrected chi connectivity index (χ0v) is 7.67. The van der Waals surface area contributed by atoms with Crippen molar-refractivity contribution in [3.8, 4) is 0 Å². The van der Waals surface area contributed by atoms with Gasteiger partial charge in [-0.25, -0.2) is 0 Å². The fourth-order valence-electron chi connectivity index (χ4n) is 1.50. The summed E-state index contributed by atoms with van der Waals surface area (Å²) in [5.74, 6) is 1.05. The maximum atomic E-state index is 5.84. The first-order valence-electron chi connectivity index (χ1n) is 4.49. The molecule has 13 heavy (non-hydrogen) atoms. The Bertz CT molecular complexity index is 344. The molecule has 0 saturated heterocycles. The lowest BCUT2D eigenvalue weighted by Crippen LogP contribution is -2.71. The molecular formula is C10H14N3+. The van der Waals surface area contributed by atoms with Crippen LogP contribution in [0.4, 0.5) is 5.69 Å². The summed E-state index contributed by atoms with van der Waals surface area (Å²) in [5.41, 5.74) is 7.72. The van der Waals surface area contributed by atoms with Crippen molar-refractivity contribution in [1.82, 2.24) is 5.32 Å². The summed E-state index contributed by atoms with van der Waals surface area (Å²) in [6.07, 6.45) is 0. The minimum Gasteiger partial charge on any atom is -0.398 e. The Hall–Kier alpha value is -1.51. The van der Waals surface area contributed by atoms with E-state index in [1.807, 2.05) is 24.3 Å². The molecule has 0 fully saturated rings. The molecule has 1 atom stereocenters. The van der Waals surface area contributed by atoms with Gasteiger partial charge in [0.1, 0.15) is 12.6 Å². The molecule has 1 heterocycles. The molecule has 3 nitrogen and oxygen atoms in total. The zero-order valence-electron chi connectivity index (χ0n) is 7.67. The van der Waals surface area contributed by atoms with Crippen molar-refractivity contribution < 1.29 is 4.99 Å². The van der Waals surface area contributed by atoms with Crippen LogP contribution in [0.2, 0.25) is 0 Å². The van der Waals surface area contributed by atoms with Crippen molar-refractivity contribution in [3.05, 3.63) is 29.8 Å². The predicted molar refractivity (Wildman–Crippen MR) is 53.4 cm³/mol. The Morgan fingerprint density at radius 1 is 1.46 bits per heavy atom. The monoisotopic (exact) mass is 176 g/mol. The van der Waals surface area contributed by atoms with Gasteiger partial charge in [0.15, 0.2) is 0 Å². The van der Waals surface area contributed by atoms with Crippen molar-refractivity contribution in [2.24, 2.45) is 0 Å². The Balaban J connectivity index is 2.31. The number of nitrogen functional groups attached to an aromatic ring is 1. The second-order valence-electron chi connectivity index (χ2n) is 3.39. The van der Waals surface area contributed by atoms with E-state index in [9.17, 15) is 0 Å². The van der Waals surface area contributed by atoms with Gasteiger partial charge in [0.05, 0.1) is 5.56 Å². The number of nitrogens with two attached hydrogens (primary N) is 1. The van der Waals surface area contributed by atoms with Crippen LogP contribution in [0.25, 0.3) is 0 Å². The Morgan fingerprint density at radius 2 is 2.23 bits per heavy atom. The van der Waals surface area contributed by atoms with Gasteiger partial charge in [-0.3, -0.25) is 10.3 Å². The number of amidine groups is 1. The first-order valence-corrected chi connectivity index (χ1v) is 4.49. The number of anilines is 1. The van der Waals surface area contributed by atoms with E-state index < -0.39 is 0 Å². The lowest BCUT2D eigenvalue weighted by atomic mass is 10.1. The Morgan fingerprint density at radius 3 is 2.85 bits per heavy atom. The van der Waals surface area contributed by atoms with E-state index >= 15 is 0 Å². The van der Waals surface area contributed by atoms with Crippen molar-refractivity contribution in [3.63, 3.8) is 0 Å². The van der Waals surface area contributed by atoms with Crippen LogP contribution in [-0.2, 0) is 0 Å². The van der Waals surface area contributed by atoms with Crippen LogP contribution < -0.4 is 16.0 Å². The van der Waals surface area contributed by atoms with Gasteiger partial charge in [-0.1, -0.05) is 12.1 Å². The maximum Gasteiger partial charge on any atom is 0.277 e. The second kappa shape index (κ2) is 3.09. The van der Waals surface area contributed by atoms with Crippen LogP contribution in [0.15, 0.2) is 24.3 Å². The molecule has 0 spiro atoms. The maximum absolute atomic E-state index is 5.84. The molecule has 0 amide bonds. The van der Waals surface area contributed by atoms with Crippen LogP contribution in [-0.4, -0.2) is 18.4 Å². The quantitative estimate of drug-likeness (QED) is 0.485. The smallest absolute Gasteiger partial charge is 0.277 e. The highest BCUT2D eigenvalue weighted by Crippen LogP contribution is 2.09. The van der Waals surface area contributed by atoms with Crippen molar-refractivity contribution in [2.45, 2.75) is 13.0 Å². The molecule has 0 unspecified atom stereocenters. The summed E-state index contributed by atoms with van der Waals surface area (Å²) in [6.45, 7) is 3.10. The van der Waals surface area contributed by atoms with Crippen LogP contribution in [0, 0.1) is 0 Å². The van der Waals surface area contributed by atoms with Gasteiger partial charge in [0.25, 0.3) is 5.84 Å². The highest BCUT2D eigenvalue weighted by atomic mass is 15.1. The third-order valence-electron chi connectivity index (χ3n) is 2.21. The Labute approximate surface area is 77.7 Å². The predicted octanol–water partition coefficient (Wildman–Crippen LogP) is -0.912. The average molecular weight is 176 g/mol. The second-order valence-corrected chi connectivity index (χ2v) is 3.39. The van der Waals surface area contributed by atoms with Gasteiger partial charge in [0.2, 0.25) is 0 Å². The van der Waals surface area contributed by atoms with E-state index in [2.05, 4.69) is 17.2 Å². The summed E-state index contributed by atoms with van der Waals surface area (Å²) >= 11 is 0. The first-order chi connectivity index (χ1) is 6.27. The number of rotatable bonds is 1. The van der Waals surface area contributed by atoms with E-state index in [0.29, 0.717) is 6.04 Å². The normalized spacial score (nSPS) is 21.0. The molecule has 68 valence electrons. The lowest BCUT2D eigenvalue weighted by molar-refractivity contribution is -0.447. The highest BCUT2D eigenvalue weighted by molar-refractivity contribution is 5.99. The molecule has 1 aromatic carbocycles. The average Bonchev–Trinajstić information content (AvgIpc) is 2.53. The van der Waals surface area contributed by atoms with E-state index in [1.54, 1.807) is 0 Å². The fraction of sp³-hybridized carbons (Fsp3) is 0.300. The summed E-state index contributed by atoms with van der Waals surface area (Å²) in [4.78, 5) is 3.29. The SMILES string of the molecule is C[C@@H]1C[NH+]=C(c2ccccc2N)N1. The highest BCUT2D eigenvalue weighted by Gasteiger charge is 2.22. The molecule has 0 aliphatic carbocycles. The van der Waals surface area contributed by atoms with Crippen LogP contribution in [0.1, 0.15) is 12.5 Å². The summed E-state index contributed by atoms with van der Waals surface area (Å²) in [6, 6.07) is 8.34. The number of hydrogen-bond acceptors (Lipinski definition) is 2. The van der Waals surface area contributed by atoms with Gasteiger partial charge < -0.3 is 5.73 Å². The zero-order chi connectivity index (χ0) is 9.26. The molecule has 2 rings (SSSR count). The van der Waals surface area contributed by atoms with Crippen molar-refractivity contribution >= 4 is 11.5 Å². The largest absolute Gasteiger partial charge is 0.398 e. The van der Waals surface area contributed by atoms with Gasteiger partial charge >= 0.3 is 0 Å². The third kappa shape index (κ3) is 1.49. The van der Waals surface area contributed by atoms with E-state index in [0.717, 1.165) is 23.6 Å². The topological polar surface area (TPSA) is 52.0 Å². The molecule has 0 bridgehead atoms. The van der Waals surface area contributed by atoms with Gasteiger partial charge in [-0.2, -0.15) is 0 Å². The number of benzene rings is 1. The van der Waals surface area contributed by atoms with Crippen LogP contribution in [0.5, 0.6) is 0 Å². The van der Waals surface area contributed by atoms with Crippen LogP contribution in [0.3, 0.4) is 0 Å². The number of para-hydroxylation sites is 1. The molecular weight excluding hydrogens is 162 g/mol. The molecule has 1 aliphatic heterocycles. The fourth-order valence-corrected chi connectivity index (χ4v) is 1.50. The molecule has 0 aromatic heterocycles. The number of hydrogen-bond donors (Lipinski definition) is 3. The summed E-state index contributed by atoms with van der Waals surface area (Å²) in [7, 11) is 0. The van der Waals surface area contributed by atoms with Crippen LogP contribution >= 0.6 is 0 Å². The molecule has 0 radical (unpaired) electrons. The standard InChI is InChI=1S/C10H13N3/c1-7-6-12-10(13-7)8-4-2-3-5-9(8)11/h2-5,7H,6,11H2,1H3,(H,12,13)/p+1/t7-/m1/s1. The van der Waals surface area contributed by atoms with E-state index in [1.165, 1.54) is 0 Å². The van der Waals surface area contributed by atoms with Gasteiger partial charge in [-0.15, -0.1) is 0 Å². The molecule has 3 heteroatoms. The molecule has 1 aromatic rings. The lowest BCUT2D eigenvalue weighted by Gasteiger charge is -2.01. The molecule has 4 N–H and O–H groups in total. The Kier molecular flexibility index (Phi) is 1.93. The minimum absolute atomic E-state index is 0.481. The third-order valence-corrected chi connectivity index (χ3v) is 2.21.